The Bertz CT molecular complexity index is 1220. The number of benzene rings is 2. The van der Waals surface area contributed by atoms with E-state index in [1.54, 1.807) is 19.2 Å². The first kappa shape index (κ1) is 21.6. The summed E-state index contributed by atoms with van der Waals surface area (Å²) in [6, 6.07) is 12.6. The molecular weight excluding hydrogens is 448 g/mol. The quantitative estimate of drug-likeness (QED) is 0.284. The average Bonchev–Trinajstić information content (AvgIpc) is 3.57. The number of hydrogen-bond donors (Lipinski definition) is 0. The number of methoxy groups -OCH3 is 1. The molecule has 2 bridgehead atoms. The Kier molecular flexibility index (Phi) is 5.01. The van der Waals surface area contributed by atoms with Crippen molar-refractivity contribution in [2.75, 3.05) is 48.0 Å². The van der Waals surface area contributed by atoms with E-state index in [1.165, 1.54) is 11.0 Å². The van der Waals surface area contributed by atoms with E-state index in [-0.39, 0.29) is 41.2 Å². The van der Waals surface area contributed by atoms with Crippen molar-refractivity contribution in [1.82, 2.24) is 0 Å². The maximum Gasteiger partial charge on any atom is 0.294 e. The molecule has 2 saturated heterocycles. The fourth-order valence-corrected chi connectivity index (χ4v) is 6.23. The summed E-state index contributed by atoms with van der Waals surface area (Å²) in [4.78, 5) is 43.3. The summed E-state index contributed by atoms with van der Waals surface area (Å²) in [7, 11) is 1.64. The first-order valence-electron chi connectivity index (χ1n) is 11.9. The molecule has 6 rings (SSSR count). The van der Waals surface area contributed by atoms with Gasteiger partial charge in [-0.2, -0.15) is 0 Å². The van der Waals surface area contributed by atoms with E-state index >= 15 is 0 Å². The van der Waals surface area contributed by atoms with Crippen LogP contribution in [0.15, 0.2) is 54.6 Å². The number of fused-ring (bicyclic) bond motifs is 5. The van der Waals surface area contributed by atoms with Crippen LogP contribution in [0.2, 0.25) is 0 Å². The number of ether oxygens (including phenoxy) is 1. The molecule has 9 heteroatoms. The van der Waals surface area contributed by atoms with Gasteiger partial charge in [0, 0.05) is 44.0 Å². The van der Waals surface area contributed by atoms with Gasteiger partial charge in [-0.1, -0.05) is 18.2 Å². The van der Waals surface area contributed by atoms with Crippen LogP contribution < -0.4 is 19.4 Å². The van der Waals surface area contributed by atoms with Gasteiger partial charge in [0.2, 0.25) is 11.8 Å². The molecule has 4 atom stereocenters. The summed E-state index contributed by atoms with van der Waals surface area (Å²) < 4.78 is 5.32. The second-order valence-corrected chi connectivity index (χ2v) is 9.62. The number of rotatable bonds is 5. The fraction of sp³-hybridized carbons (Fsp3) is 0.385. The van der Waals surface area contributed by atoms with Gasteiger partial charge in [0.1, 0.15) is 11.4 Å². The van der Waals surface area contributed by atoms with Gasteiger partial charge in [-0.3, -0.25) is 19.7 Å². The van der Waals surface area contributed by atoms with Gasteiger partial charge in [-0.15, -0.1) is 0 Å². The molecular formula is C26H26N4O5. The molecule has 2 aromatic rings. The highest BCUT2D eigenvalue weighted by atomic mass is 16.6. The van der Waals surface area contributed by atoms with Crippen LogP contribution in [0, 0.1) is 33.8 Å². The van der Waals surface area contributed by atoms with Crippen molar-refractivity contribution in [2.24, 2.45) is 23.7 Å². The minimum absolute atomic E-state index is 0.0870. The van der Waals surface area contributed by atoms with E-state index in [2.05, 4.69) is 4.90 Å². The molecule has 2 aliphatic carbocycles. The largest absolute Gasteiger partial charge is 0.497 e. The van der Waals surface area contributed by atoms with Gasteiger partial charge < -0.3 is 14.5 Å². The molecule has 2 aliphatic heterocycles. The Balaban J connectivity index is 1.23. The number of nitrogens with zero attached hydrogens (tertiary/aromatic N) is 4. The molecule has 180 valence electrons. The van der Waals surface area contributed by atoms with Crippen LogP contribution in [0.1, 0.15) is 6.42 Å². The number of amides is 2. The number of anilines is 3. The van der Waals surface area contributed by atoms with E-state index < -0.39 is 4.92 Å². The predicted octanol–water partition coefficient (Wildman–Crippen LogP) is 3.24. The second kappa shape index (κ2) is 8.11. The van der Waals surface area contributed by atoms with Crippen molar-refractivity contribution in [3.8, 4) is 5.75 Å². The van der Waals surface area contributed by atoms with E-state index in [4.69, 9.17) is 4.74 Å². The maximum absolute atomic E-state index is 13.1. The van der Waals surface area contributed by atoms with Gasteiger partial charge in [0.05, 0.1) is 29.6 Å². The number of nitro groups is 1. The van der Waals surface area contributed by atoms with Crippen LogP contribution in [-0.2, 0) is 9.59 Å². The van der Waals surface area contributed by atoms with Crippen molar-refractivity contribution in [2.45, 2.75) is 6.42 Å². The van der Waals surface area contributed by atoms with Crippen LogP contribution in [-0.4, -0.2) is 50.0 Å². The van der Waals surface area contributed by atoms with Crippen molar-refractivity contribution >= 4 is 34.6 Å². The number of allylic oxidation sites excluding steroid dienone is 2. The second-order valence-electron chi connectivity index (χ2n) is 9.62. The zero-order chi connectivity index (χ0) is 24.3. The highest BCUT2D eigenvalue weighted by molar-refractivity contribution is 6.23. The molecule has 2 heterocycles. The molecule has 0 N–H and O–H groups in total. The van der Waals surface area contributed by atoms with Gasteiger partial charge in [0.15, 0.2) is 0 Å². The van der Waals surface area contributed by atoms with Crippen LogP contribution in [0.25, 0.3) is 0 Å². The average molecular weight is 475 g/mol. The number of imide groups is 1. The fourth-order valence-electron chi connectivity index (χ4n) is 6.23. The zero-order valence-electron chi connectivity index (χ0n) is 19.4. The molecule has 35 heavy (non-hydrogen) atoms. The number of piperazine rings is 1. The molecule has 4 aliphatic rings. The third kappa shape index (κ3) is 3.37. The van der Waals surface area contributed by atoms with Gasteiger partial charge in [-0.25, -0.2) is 4.90 Å². The molecule has 3 fully saturated rings. The molecule has 0 spiro atoms. The highest BCUT2D eigenvalue weighted by Gasteiger charge is 2.59. The zero-order valence-corrected chi connectivity index (χ0v) is 19.4. The number of nitro benzene ring substituents is 1. The van der Waals surface area contributed by atoms with Gasteiger partial charge in [0.25, 0.3) is 5.69 Å². The Labute approximate surface area is 202 Å². The summed E-state index contributed by atoms with van der Waals surface area (Å²) in [5, 5.41) is 12.0. The lowest BCUT2D eigenvalue weighted by atomic mass is 9.85. The Morgan fingerprint density at radius 1 is 0.886 bits per heavy atom. The lowest BCUT2D eigenvalue weighted by Crippen LogP contribution is -2.46. The first-order valence-corrected chi connectivity index (χ1v) is 11.9. The predicted molar refractivity (Wildman–Crippen MR) is 131 cm³/mol. The lowest BCUT2D eigenvalue weighted by Gasteiger charge is -2.37. The number of hydrogen-bond acceptors (Lipinski definition) is 7. The smallest absolute Gasteiger partial charge is 0.294 e. The summed E-state index contributed by atoms with van der Waals surface area (Å²) in [5.41, 5.74) is 1.76. The summed E-state index contributed by atoms with van der Waals surface area (Å²) in [5.74, 6) is -0.142. The Morgan fingerprint density at radius 2 is 1.54 bits per heavy atom. The third-order valence-corrected chi connectivity index (χ3v) is 7.92. The molecule has 0 unspecified atom stereocenters. The summed E-state index contributed by atoms with van der Waals surface area (Å²) >= 11 is 0. The van der Waals surface area contributed by atoms with Crippen molar-refractivity contribution in [3.63, 3.8) is 0 Å². The normalized spacial score (nSPS) is 27.1. The number of carbonyl (C=O) groups is 2. The molecule has 1 saturated carbocycles. The molecule has 9 nitrogen and oxygen atoms in total. The van der Waals surface area contributed by atoms with Crippen LogP contribution >= 0.6 is 0 Å². The lowest BCUT2D eigenvalue weighted by molar-refractivity contribution is -0.384. The molecule has 2 aromatic carbocycles. The Morgan fingerprint density at radius 3 is 2.17 bits per heavy atom. The van der Waals surface area contributed by atoms with Crippen LogP contribution in [0.3, 0.4) is 0 Å². The van der Waals surface area contributed by atoms with E-state index in [9.17, 15) is 19.7 Å². The highest BCUT2D eigenvalue weighted by Crippen LogP contribution is 2.53. The maximum atomic E-state index is 13.1. The van der Waals surface area contributed by atoms with Gasteiger partial charge in [-0.05, 0) is 42.5 Å². The summed E-state index contributed by atoms with van der Waals surface area (Å²) in [6.07, 6.45) is 4.93. The van der Waals surface area contributed by atoms with E-state index in [1.807, 2.05) is 41.3 Å². The molecule has 0 radical (unpaired) electrons. The van der Waals surface area contributed by atoms with Crippen molar-refractivity contribution in [3.05, 3.63) is 64.7 Å². The summed E-state index contributed by atoms with van der Waals surface area (Å²) in [6.45, 7) is 2.62. The van der Waals surface area contributed by atoms with Crippen LogP contribution in [0.4, 0.5) is 22.7 Å². The molecule has 2 amide bonds. The standard InChI is InChI=1S/C26H26N4O5/c1-35-20-4-2-3-18(14-20)27-9-11-28(12-10-27)21-8-7-19(15-22(21)30(33)34)29-25(31)23-16-5-6-17(13-16)24(23)26(29)32/h2-8,14-17,23-24H,9-13H2,1H3/t16-,17-,23-,24-/m0/s1. The topological polar surface area (TPSA) is 96.2 Å². The van der Waals surface area contributed by atoms with Crippen LogP contribution in [0.5, 0.6) is 5.75 Å². The van der Waals surface area contributed by atoms with Gasteiger partial charge >= 0.3 is 0 Å². The van der Waals surface area contributed by atoms with E-state index in [0.29, 0.717) is 37.6 Å². The minimum atomic E-state index is -0.426. The minimum Gasteiger partial charge on any atom is -0.497 e. The SMILES string of the molecule is COc1cccc(N2CCN(c3ccc(N4C(=O)[C@@H]5[C@@H](C4=O)[C@H]4C=C[C@H]5C4)cc3[N+](=O)[O-])CC2)c1. The third-order valence-electron chi connectivity index (χ3n) is 7.92. The molecule has 0 aromatic heterocycles. The number of carbonyl (C=O) groups excluding carboxylic acids is 2. The monoisotopic (exact) mass is 474 g/mol. The van der Waals surface area contributed by atoms with Crippen molar-refractivity contribution in [1.29, 1.82) is 0 Å². The Hall–Kier alpha value is -3.88. The van der Waals surface area contributed by atoms with Crippen molar-refractivity contribution < 1.29 is 19.2 Å². The van der Waals surface area contributed by atoms with E-state index in [0.717, 1.165) is 17.9 Å². The first-order chi connectivity index (χ1) is 17.0.